The molecule has 1 aromatic rings. The molecule has 0 saturated heterocycles. The SMILES string of the molecule is CSC(C)CCNc1cc(NN)nc(C(F)(F)F)n1. The molecule has 9 heteroatoms. The monoisotopic (exact) mass is 295 g/mol. The fraction of sp³-hybridized carbons (Fsp3) is 0.600. The second-order valence-corrected chi connectivity index (χ2v) is 5.14. The van der Waals surface area contributed by atoms with Crippen LogP contribution in [0.3, 0.4) is 0 Å². The summed E-state index contributed by atoms with van der Waals surface area (Å²) < 4.78 is 37.7. The summed E-state index contributed by atoms with van der Waals surface area (Å²) in [4.78, 5) is 6.69. The molecule has 0 bridgehead atoms. The lowest BCUT2D eigenvalue weighted by Gasteiger charge is -2.12. The molecule has 0 aliphatic heterocycles. The molecule has 5 nitrogen and oxygen atoms in total. The third kappa shape index (κ3) is 5.11. The van der Waals surface area contributed by atoms with Gasteiger partial charge in [0.05, 0.1) is 0 Å². The van der Waals surface area contributed by atoms with E-state index >= 15 is 0 Å². The quantitative estimate of drug-likeness (QED) is 0.552. The largest absolute Gasteiger partial charge is 0.451 e. The van der Waals surface area contributed by atoms with Gasteiger partial charge in [0.15, 0.2) is 0 Å². The van der Waals surface area contributed by atoms with E-state index < -0.39 is 12.0 Å². The number of rotatable bonds is 6. The lowest BCUT2D eigenvalue weighted by atomic mass is 10.3. The standard InChI is InChI=1S/C10H16F3N5S/c1-6(19-2)3-4-15-7-5-8(18-14)17-9(16-7)10(11,12)13/h5-6H,3-4,14H2,1-2H3,(H2,15,16,17,18). The summed E-state index contributed by atoms with van der Waals surface area (Å²) in [5, 5.41) is 3.26. The predicted molar refractivity (Wildman–Crippen MR) is 70.9 cm³/mol. The first-order chi connectivity index (χ1) is 8.86. The van der Waals surface area contributed by atoms with Gasteiger partial charge in [-0.3, -0.25) is 0 Å². The summed E-state index contributed by atoms with van der Waals surface area (Å²) in [5.41, 5.74) is 2.09. The maximum Gasteiger partial charge on any atom is 0.451 e. The van der Waals surface area contributed by atoms with Gasteiger partial charge < -0.3 is 10.7 Å². The first-order valence-electron chi connectivity index (χ1n) is 5.56. The minimum atomic E-state index is -4.60. The van der Waals surface area contributed by atoms with E-state index in [4.69, 9.17) is 5.84 Å². The fourth-order valence-corrected chi connectivity index (χ4v) is 1.61. The number of nitrogens with two attached hydrogens (primary N) is 1. The van der Waals surface area contributed by atoms with Crippen LogP contribution in [0.5, 0.6) is 0 Å². The highest BCUT2D eigenvalue weighted by Gasteiger charge is 2.35. The topological polar surface area (TPSA) is 75.9 Å². The number of nitrogen functional groups attached to an aromatic ring is 1. The van der Waals surface area contributed by atoms with Crippen LogP contribution < -0.4 is 16.6 Å². The van der Waals surface area contributed by atoms with E-state index in [0.717, 1.165) is 6.42 Å². The van der Waals surface area contributed by atoms with Gasteiger partial charge in [0, 0.05) is 17.9 Å². The third-order valence-electron chi connectivity index (χ3n) is 2.39. The molecule has 0 radical (unpaired) electrons. The molecule has 0 fully saturated rings. The van der Waals surface area contributed by atoms with Gasteiger partial charge in [-0.25, -0.2) is 15.8 Å². The van der Waals surface area contributed by atoms with Crippen LogP contribution in [0, 0.1) is 0 Å². The Hall–Kier alpha value is -1.22. The zero-order valence-electron chi connectivity index (χ0n) is 10.6. The van der Waals surface area contributed by atoms with E-state index in [1.54, 1.807) is 11.8 Å². The summed E-state index contributed by atoms with van der Waals surface area (Å²) in [6.07, 6.45) is -1.80. The van der Waals surface area contributed by atoms with Crippen LogP contribution in [0.2, 0.25) is 0 Å². The molecule has 0 aliphatic carbocycles. The molecule has 0 aromatic carbocycles. The summed E-state index contributed by atoms with van der Waals surface area (Å²) in [6, 6.07) is 1.33. The van der Waals surface area contributed by atoms with Crippen LogP contribution in [-0.2, 0) is 6.18 Å². The van der Waals surface area contributed by atoms with Crippen molar-refractivity contribution in [3.63, 3.8) is 0 Å². The molecular weight excluding hydrogens is 279 g/mol. The Balaban J connectivity index is 2.77. The van der Waals surface area contributed by atoms with Gasteiger partial charge in [-0.2, -0.15) is 24.9 Å². The van der Waals surface area contributed by atoms with Crippen molar-refractivity contribution in [1.29, 1.82) is 0 Å². The van der Waals surface area contributed by atoms with E-state index in [0.29, 0.717) is 11.8 Å². The van der Waals surface area contributed by atoms with Crippen LogP contribution >= 0.6 is 11.8 Å². The maximum atomic E-state index is 12.6. The Morgan fingerprint density at radius 1 is 1.37 bits per heavy atom. The molecule has 1 unspecified atom stereocenters. The van der Waals surface area contributed by atoms with Crippen molar-refractivity contribution in [2.45, 2.75) is 24.8 Å². The molecule has 0 amide bonds. The highest BCUT2D eigenvalue weighted by molar-refractivity contribution is 7.99. The van der Waals surface area contributed by atoms with Crippen LogP contribution in [0.4, 0.5) is 24.8 Å². The van der Waals surface area contributed by atoms with Crippen LogP contribution in [-0.4, -0.2) is 28.0 Å². The number of nitrogens with zero attached hydrogens (tertiary/aromatic N) is 2. The molecule has 19 heavy (non-hydrogen) atoms. The van der Waals surface area contributed by atoms with Gasteiger partial charge >= 0.3 is 6.18 Å². The van der Waals surface area contributed by atoms with Crippen LogP contribution in [0.15, 0.2) is 6.07 Å². The summed E-state index contributed by atoms with van der Waals surface area (Å²) >= 11 is 1.69. The third-order valence-corrected chi connectivity index (χ3v) is 3.43. The minimum Gasteiger partial charge on any atom is -0.370 e. The Bertz CT molecular complexity index is 413. The zero-order chi connectivity index (χ0) is 14.5. The van der Waals surface area contributed by atoms with Gasteiger partial charge in [-0.15, -0.1) is 0 Å². The van der Waals surface area contributed by atoms with Gasteiger partial charge in [0.2, 0.25) is 5.82 Å². The number of hydrogen-bond donors (Lipinski definition) is 3. The fourth-order valence-electron chi connectivity index (χ4n) is 1.26. The normalized spacial score (nSPS) is 13.2. The van der Waals surface area contributed by atoms with Gasteiger partial charge in [-0.05, 0) is 12.7 Å². The second kappa shape index (κ2) is 6.80. The highest BCUT2D eigenvalue weighted by atomic mass is 32.2. The molecule has 1 rings (SSSR count). The van der Waals surface area contributed by atoms with Gasteiger partial charge in [0.25, 0.3) is 0 Å². The summed E-state index contributed by atoms with van der Waals surface area (Å²) in [7, 11) is 0. The number of halogens is 3. The number of alkyl halides is 3. The molecule has 1 heterocycles. The lowest BCUT2D eigenvalue weighted by Crippen LogP contribution is -2.18. The van der Waals surface area contributed by atoms with E-state index in [1.165, 1.54) is 6.07 Å². The first kappa shape index (κ1) is 15.8. The molecule has 108 valence electrons. The predicted octanol–water partition coefficient (Wildman–Crippen LogP) is 2.33. The first-order valence-corrected chi connectivity index (χ1v) is 6.85. The second-order valence-electron chi connectivity index (χ2n) is 3.87. The Morgan fingerprint density at radius 3 is 2.53 bits per heavy atom. The van der Waals surface area contributed by atoms with Crippen molar-refractivity contribution in [2.24, 2.45) is 5.84 Å². The molecule has 0 spiro atoms. The Labute approximate surface area is 113 Å². The average Bonchev–Trinajstić information content (AvgIpc) is 2.37. The van der Waals surface area contributed by atoms with Crippen molar-refractivity contribution in [1.82, 2.24) is 9.97 Å². The van der Waals surface area contributed by atoms with Gasteiger partial charge in [0.1, 0.15) is 11.6 Å². The molecule has 4 N–H and O–H groups in total. The van der Waals surface area contributed by atoms with Crippen molar-refractivity contribution >= 4 is 23.4 Å². The molecule has 1 atom stereocenters. The number of thioether (sulfide) groups is 1. The number of hydrazine groups is 1. The van der Waals surface area contributed by atoms with Crippen molar-refractivity contribution in [2.75, 3.05) is 23.5 Å². The Morgan fingerprint density at radius 2 is 2.00 bits per heavy atom. The zero-order valence-corrected chi connectivity index (χ0v) is 11.4. The van der Waals surface area contributed by atoms with E-state index in [1.807, 2.05) is 13.2 Å². The average molecular weight is 295 g/mol. The molecule has 0 saturated carbocycles. The molecular formula is C10H16F3N5S. The molecule has 1 aromatic heterocycles. The number of anilines is 2. The summed E-state index contributed by atoms with van der Waals surface area (Å²) in [5.74, 6) is 3.89. The van der Waals surface area contributed by atoms with Crippen LogP contribution in [0.25, 0.3) is 0 Å². The van der Waals surface area contributed by atoms with Crippen molar-refractivity contribution in [3.8, 4) is 0 Å². The molecule has 0 aliphatic rings. The van der Waals surface area contributed by atoms with Gasteiger partial charge in [-0.1, -0.05) is 6.92 Å². The maximum absolute atomic E-state index is 12.6. The highest BCUT2D eigenvalue weighted by Crippen LogP contribution is 2.28. The lowest BCUT2D eigenvalue weighted by molar-refractivity contribution is -0.144. The van der Waals surface area contributed by atoms with Crippen molar-refractivity contribution in [3.05, 3.63) is 11.9 Å². The van der Waals surface area contributed by atoms with E-state index in [2.05, 4.69) is 20.7 Å². The van der Waals surface area contributed by atoms with Crippen molar-refractivity contribution < 1.29 is 13.2 Å². The van der Waals surface area contributed by atoms with E-state index in [9.17, 15) is 13.2 Å². The summed E-state index contributed by atoms with van der Waals surface area (Å²) in [6.45, 7) is 2.57. The van der Waals surface area contributed by atoms with E-state index in [-0.39, 0.29) is 11.6 Å². The number of aromatic nitrogens is 2. The smallest absolute Gasteiger partial charge is 0.370 e. The Kier molecular flexibility index (Phi) is 5.67. The minimum absolute atomic E-state index is 0.0808. The van der Waals surface area contributed by atoms with Crippen LogP contribution in [0.1, 0.15) is 19.2 Å². The number of hydrogen-bond acceptors (Lipinski definition) is 6. The number of nitrogens with one attached hydrogen (secondary N) is 2.